The lowest BCUT2D eigenvalue weighted by molar-refractivity contribution is 0.0137. The van der Waals surface area contributed by atoms with Crippen molar-refractivity contribution >= 4 is 36.0 Å². The molecule has 7 nitrogen and oxygen atoms in total. The van der Waals surface area contributed by atoms with Crippen molar-refractivity contribution in [3.8, 4) is 0 Å². The number of hydrogen-bond acceptors (Lipinski definition) is 6. The van der Waals surface area contributed by atoms with Crippen LogP contribution in [0.4, 0.5) is 4.79 Å². The molecule has 168 valence electrons. The molecule has 0 aromatic carbocycles. The average molecular weight is 521 g/mol. The monoisotopic (exact) mass is 521 g/mol. The molecule has 0 spiro atoms. The van der Waals surface area contributed by atoms with Crippen molar-refractivity contribution in [3.05, 3.63) is 0 Å². The van der Waals surface area contributed by atoms with E-state index in [-0.39, 0.29) is 36.1 Å². The predicted molar refractivity (Wildman–Crippen MR) is 128 cm³/mol. The zero-order chi connectivity index (χ0) is 20.1. The number of fused-ring (bicyclic) bond motifs is 1. The van der Waals surface area contributed by atoms with Crippen LogP contribution in [0.15, 0.2) is 4.99 Å². The number of aliphatic imine (C=N–C) groups is 1. The molecule has 0 radical (unpaired) electrons. The molecule has 3 rings (SSSR count). The number of piperazine rings is 1. The molecule has 0 bridgehead atoms. The van der Waals surface area contributed by atoms with E-state index < -0.39 is 5.60 Å². The standard InChI is InChI=1S/C21H39N5O2.HI/c1-17-7-11-24(12-8-17)10-6-5-9-22-19-23-15-18-16-25(13-14-26(18)19)20(27)28-21(2,3)4;/h17-18H,5-16H2,1-4H3,(H,22,23);1H. The van der Waals surface area contributed by atoms with E-state index in [1.165, 1.54) is 45.3 Å². The largest absolute Gasteiger partial charge is 0.444 e. The number of rotatable bonds is 5. The van der Waals surface area contributed by atoms with Gasteiger partial charge in [-0.3, -0.25) is 4.99 Å². The molecule has 29 heavy (non-hydrogen) atoms. The van der Waals surface area contributed by atoms with Crippen molar-refractivity contribution in [2.75, 3.05) is 52.4 Å². The van der Waals surface area contributed by atoms with Gasteiger partial charge in [-0.15, -0.1) is 24.0 Å². The van der Waals surface area contributed by atoms with Gasteiger partial charge in [0.05, 0.1) is 12.6 Å². The summed E-state index contributed by atoms with van der Waals surface area (Å²) in [6, 6.07) is 0.277. The fraction of sp³-hybridized carbons (Fsp3) is 0.905. The third-order valence-electron chi connectivity index (χ3n) is 5.92. The van der Waals surface area contributed by atoms with Gasteiger partial charge in [0, 0.05) is 26.2 Å². The first-order valence-corrected chi connectivity index (χ1v) is 11.1. The van der Waals surface area contributed by atoms with E-state index in [2.05, 4.69) is 27.0 Å². The molecule has 3 heterocycles. The minimum absolute atomic E-state index is 0. The lowest BCUT2D eigenvalue weighted by Crippen LogP contribution is -2.57. The Bertz CT molecular complexity index is 558. The number of guanidine groups is 1. The van der Waals surface area contributed by atoms with Gasteiger partial charge in [0.2, 0.25) is 0 Å². The third-order valence-corrected chi connectivity index (χ3v) is 5.92. The third kappa shape index (κ3) is 7.45. The topological polar surface area (TPSA) is 60.4 Å². The summed E-state index contributed by atoms with van der Waals surface area (Å²) in [5.41, 5.74) is -0.445. The van der Waals surface area contributed by atoms with Crippen molar-refractivity contribution in [1.29, 1.82) is 0 Å². The highest BCUT2D eigenvalue weighted by molar-refractivity contribution is 14.0. The lowest BCUT2D eigenvalue weighted by Gasteiger charge is -2.39. The number of carbonyl (C=O) groups is 1. The van der Waals surface area contributed by atoms with Gasteiger partial charge in [0.15, 0.2) is 5.96 Å². The van der Waals surface area contributed by atoms with Gasteiger partial charge in [-0.05, 0) is 72.0 Å². The molecule has 0 aromatic heterocycles. The summed E-state index contributed by atoms with van der Waals surface area (Å²) in [6.07, 6.45) is 4.91. The average Bonchev–Trinajstić information content (AvgIpc) is 3.04. The van der Waals surface area contributed by atoms with Gasteiger partial charge in [-0.2, -0.15) is 0 Å². The Balaban J connectivity index is 0.00000300. The van der Waals surface area contributed by atoms with E-state index in [0.29, 0.717) is 13.1 Å². The van der Waals surface area contributed by atoms with Crippen LogP contribution in [0.25, 0.3) is 0 Å². The lowest BCUT2D eigenvalue weighted by atomic mass is 9.99. The Morgan fingerprint density at radius 3 is 2.59 bits per heavy atom. The second-order valence-corrected chi connectivity index (χ2v) is 9.60. The normalized spacial score (nSPS) is 23.3. The molecule has 2 fully saturated rings. The summed E-state index contributed by atoms with van der Waals surface area (Å²) in [5, 5.41) is 3.53. The minimum Gasteiger partial charge on any atom is -0.444 e. The van der Waals surface area contributed by atoms with Crippen molar-refractivity contribution < 1.29 is 9.53 Å². The van der Waals surface area contributed by atoms with Gasteiger partial charge in [0.1, 0.15) is 5.60 Å². The van der Waals surface area contributed by atoms with Crippen LogP contribution >= 0.6 is 24.0 Å². The first-order chi connectivity index (χ1) is 13.3. The number of carbonyl (C=O) groups excluding carboxylic acids is 1. The Morgan fingerprint density at radius 1 is 1.17 bits per heavy atom. The summed E-state index contributed by atoms with van der Waals surface area (Å²) < 4.78 is 5.51. The smallest absolute Gasteiger partial charge is 0.410 e. The molecule has 1 N–H and O–H groups in total. The van der Waals surface area contributed by atoms with Gasteiger partial charge in [-0.1, -0.05) is 6.92 Å². The number of ether oxygens (including phenoxy) is 1. The first-order valence-electron chi connectivity index (χ1n) is 11.1. The van der Waals surface area contributed by atoms with Crippen molar-refractivity contribution in [3.63, 3.8) is 0 Å². The van der Waals surface area contributed by atoms with Crippen LogP contribution in [-0.4, -0.2) is 90.8 Å². The number of halogens is 1. The Morgan fingerprint density at radius 2 is 1.90 bits per heavy atom. The highest BCUT2D eigenvalue weighted by Gasteiger charge is 2.36. The number of nitrogens with zero attached hydrogens (tertiary/aromatic N) is 4. The molecule has 0 aliphatic carbocycles. The van der Waals surface area contributed by atoms with E-state index in [9.17, 15) is 4.79 Å². The molecule has 1 unspecified atom stereocenters. The molecule has 8 heteroatoms. The highest BCUT2D eigenvalue weighted by Crippen LogP contribution is 2.19. The van der Waals surface area contributed by atoms with Crippen LogP contribution in [0, 0.1) is 5.92 Å². The van der Waals surface area contributed by atoms with Crippen molar-refractivity contribution in [2.45, 2.75) is 65.0 Å². The van der Waals surface area contributed by atoms with Gasteiger partial charge in [-0.25, -0.2) is 4.79 Å². The number of amides is 1. The summed E-state index contributed by atoms with van der Waals surface area (Å²) in [4.78, 5) is 23.8. The number of unbranched alkanes of at least 4 members (excludes halogenated alkanes) is 1. The van der Waals surface area contributed by atoms with Crippen LogP contribution in [0.1, 0.15) is 53.4 Å². The second-order valence-electron chi connectivity index (χ2n) is 9.60. The maximum atomic E-state index is 12.3. The highest BCUT2D eigenvalue weighted by atomic mass is 127. The molecule has 3 aliphatic rings. The van der Waals surface area contributed by atoms with E-state index in [0.717, 1.165) is 31.5 Å². The summed E-state index contributed by atoms with van der Waals surface area (Å²) in [7, 11) is 0. The number of nitrogens with one attached hydrogen (secondary N) is 1. The Hall–Kier alpha value is -0.770. The van der Waals surface area contributed by atoms with Crippen molar-refractivity contribution in [1.82, 2.24) is 20.0 Å². The molecule has 1 amide bonds. The molecule has 3 aliphatic heterocycles. The van der Waals surface area contributed by atoms with Crippen molar-refractivity contribution in [2.24, 2.45) is 10.9 Å². The molecule has 2 saturated heterocycles. The Kier molecular flexibility index (Phi) is 9.31. The molecule has 1 atom stereocenters. The fourth-order valence-electron chi connectivity index (χ4n) is 4.17. The fourth-order valence-corrected chi connectivity index (χ4v) is 4.17. The number of hydrogen-bond donors (Lipinski definition) is 1. The van der Waals surface area contributed by atoms with Gasteiger partial charge in [0.25, 0.3) is 0 Å². The van der Waals surface area contributed by atoms with Gasteiger partial charge < -0.3 is 24.8 Å². The minimum atomic E-state index is -0.445. The van der Waals surface area contributed by atoms with Crippen LogP contribution in [0.5, 0.6) is 0 Å². The quantitative estimate of drug-likeness (QED) is 0.446. The SMILES string of the molecule is CC1CCN(CCCCNC2=NCC3CN(C(=O)OC(C)(C)C)CCN23)CC1.I. The predicted octanol–water partition coefficient (Wildman–Crippen LogP) is 3.00. The summed E-state index contributed by atoms with van der Waals surface area (Å²) in [5.74, 6) is 1.92. The Labute approximate surface area is 193 Å². The molecule has 0 saturated carbocycles. The van der Waals surface area contributed by atoms with Gasteiger partial charge >= 0.3 is 6.09 Å². The maximum absolute atomic E-state index is 12.3. The van der Waals surface area contributed by atoms with Crippen LogP contribution < -0.4 is 5.32 Å². The molecule has 0 aromatic rings. The maximum Gasteiger partial charge on any atom is 0.410 e. The van der Waals surface area contributed by atoms with E-state index in [4.69, 9.17) is 4.74 Å². The number of piperidine rings is 1. The van der Waals surface area contributed by atoms with Crippen LogP contribution in [0.2, 0.25) is 0 Å². The number of likely N-dealkylation sites (tertiary alicyclic amines) is 1. The second kappa shape index (κ2) is 11.0. The molecular weight excluding hydrogens is 481 g/mol. The van der Waals surface area contributed by atoms with Crippen LogP contribution in [-0.2, 0) is 4.74 Å². The zero-order valence-electron chi connectivity index (χ0n) is 18.7. The summed E-state index contributed by atoms with van der Waals surface area (Å²) in [6.45, 7) is 15.8. The molecular formula is C21H40IN5O2. The first kappa shape index (κ1) is 24.5. The zero-order valence-corrected chi connectivity index (χ0v) is 21.0. The summed E-state index contributed by atoms with van der Waals surface area (Å²) >= 11 is 0. The van der Waals surface area contributed by atoms with E-state index in [1.54, 1.807) is 0 Å². The van der Waals surface area contributed by atoms with E-state index in [1.807, 2.05) is 25.7 Å². The van der Waals surface area contributed by atoms with Crippen LogP contribution in [0.3, 0.4) is 0 Å². The van der Waals surface area contributed by atoms with E-state index >= 15 is 0 Å².